The van der Waals surface area contributed by atoms with Crippen molar-refractivity contribution in [2.45, 2.75) is 159 Å². The Morgan fingerprint density at radius 1 is 0.240 bits per heavy atom. The fourth-order valence-electron chi connectivity index (χ4n) is 18.4. The van der Waals surface area contributed by atoms with Gasteiger partial charge in [-0.25, -0.2) is 28.8 Å². The van der Waals surface area contributed by atoms with Crippen molar-refractivity contribution in [2.24, 2.45) is 0 Å². The van der Waals surface area contributed by atoms with Crippen molar-refractivity contribution in [2.75, 3.05) is 39.6 Å². The molecule has 6 fully saturated rings. The molecule has 19 nitrogen and oxygen atoms in total. The normalized spacial score (nSPS) is 17.7. The molecule has 6 saturated heterocycles. The number of carbonyl (C=O) groups is 6. The van der Waals surface area contributed by atoms with Gasteiger partial charge in [0.25, 0.3) is 0 Å². The molecule has 146 heavy (non-hydrogen) atoms. The monoisotopic (exact) mass is 2040 g/mol. The Morgan fingerprint density at radius 3 is 0.822 bits per heavy atom. The van der Waals surface area contributed by atoms with Crippen LogP contribution in [0.1, 0.15) is 81.5 Å². The van der Waals surface area contributed by atoms with E-state index in [9.17, 15) is 28.8 Å². The molecule has 24 rings (SSSR count). The number of benzene rings is 15. The molecule has 0 bridgehead atoms. The van der Waals surface area contributed by atoms with E-state index in [0.717, 1.165) is 16.5 Å². The van der Waals surface area contributed by atoms with Gasteiger partial charge in [0.15, 0.2) is 109 Å². The van der Waals surface area contributed by atoms with Gasteiger partial charge in [0, 0.05) is 139 Å². The van der Waals surface area contributed by atoms with E-state index in [-0.39, 0.29) is 94.6 Å². The topological polar surface area (TPSA) is 222 Å². The summed E-state index contributed by atoms with van der Waals surface area (Å²) in [5.41, 5.74) is 4.89. The van der Waals surface area contributed by atoms with Crippen LogP contribution in [-0.2, 0) is 79.0 Å². The lowest BCUT2D eigenvalue weighted by molar-refractivity contribution is -0.144. The third-order valence-electron chi connectivity index (χ3n) is 25.4. The summed E-state index contributed by atoms with van der Waals surface area (Å²) >= 11 is 0. The number of thiophene rings is 3. The fourth-order valence-corrected chi connectivity index (χ4v) is 29.9. The zero-order valence-corrected chi connectivity index (χ0v) is 85.8. The SMILES string of the molecule is CC(C)(C)Oc1ccc([S+](c2ccccc2)c2ccc(OC3CCOC3=O)cc2)cc1.Cc1ccc2c(c1)c1cc(C)ccc1[s+]2-c1ccc(OC2CCOC2=O)cc1.Cc1ccccc1[S+](c1ccc(OC2CCOC2=O)cc1)c1ccccc1C.O=C1OCCC1Oc1ccc(-[s+]2c3ccccc3c3ccccc32)cc1.O=C1OCCC1Oc1ccc2c(c1)c1cc(OC3CCOC3=O)ccc1[s+]2-c1ccccc1. The summed E-state index contributed by atoms with van der Waals surface area (Å²) in [6, 6.07) is 121. The van der Waals surface area contributed by atoms with E-state index in [2.05, 4.69) is 270 Å². The number of aryl methyl sites for hydroxylation is 4. The van der Waals surface area contributed by atoms with Crippen LogP contribution >= 0.6 is 31.4 Å². The van der Waals surface area contributed by atoms with Crippen molar-refractivity contribution in [3.63, 3.8) is 0 Å². The Balaban J connectivity index is 0.000000111. The Morgan fingerprint density at radius 2 is 0.493 bits per heavy atom. The van der Waals surface area contributed by atoms with Crippen LogP contribution in [0.2, 0.25) is 0 Å². The van der Waals surface area contributed by atoms with Gasteiger partial charge in [0.2, 0.25) is 0 Å². The molecule has 0 N–H and O–H groups in total. The molecule has 0 saturated carbocycles. The van der Waals surface area contributed by atoms with Crippen LogP contribution in [-0.4, -0.2) is 118 Å². The first kappa shape index (κ1) is 98.5. The van der Waals surface area contributed by atoms with E-state index in [1.165, 1.54) is 116 Å². The van der Waals surface area contributed by atoms with Gasteiger partial charge in [-0.1, -0.05) is 120 Å². The van der Waals surface area contributed by atoms with Crippen LogP contribution in [0, 0.1) is 27.7 Å². The number of hydrogen-bond donors (Lipinski definition) is 0. The highest BCUT2D eigenvalue weighted by Gasteiger charge is 2.39. The molecule has 736 valence electrons. The van der Waals surface area contributed by atoms with Gasteiger partial charge in [-0.3, -0.25) is 0 Å². The van der Waals surface area contributed by atoms with Crippen LogP contribution in [0.3, 0.4) is 0 Å². The van der Waals surface area contributed by atoms with E-state index in [1.54, 1.807) is 0 Å². The van der Waals surface area contributed by atoms with E-state index < -0.39 is 36.6 Å². The van der Waals surface area contributed by atoms with Crippen molar-refractivity contribution >= 4 is 150 Å². The number of esters is 6. The lowest BCUT2D eigenvalue weighted by atomic mass is 10.1. The quantitative estimate of drug-likeness (QED) is 0.0349. The van der Waals surface area contributed by atoms with Gasteiger partial charge in [0.05, 0.1) is 72.2 Å². The van der Waals surface area contributed by atoms with Gasteiger partial charge in [-0.05, 0) is 255 Å². The minimum absolute atomic E-state index is 0.107. The second-order valence-corrected chi connectivity index (χ2v) is 46.8. The van der Waals surface area contributed by atoms with E-state index in [1.807, 2.05) is 130 Å². The first-order valence-corrected chi connectivity index (χ1v) is 55.0. The summed E-state index contributed by atoms with van der Waals surface area (Å²) in [4.78, 5) is 81.6. The summed E-state index contributed by atoms with van der Waals surface area (Å²) in [5.74, 6) is 3.19. The highest BCUT2D eigenvalue weighted by Crippen LogP contribution is 2.54. The average Bonchev–Trinajstić information content (AvgIpc) is 1.59. The Labute approximate surface area is 860 Å². The third kappa shape index (κ3) is 22.3. The van der Waals surface area contributed by atoms with Crippen LogP contribution in [0.5, 0.6) is 40.2 Å². The minimum Gasteiger partial charge on any atom is -0.488 e. The standard InChI is InChI=1S/C26H21O6S.C26H27O4S.C24H21O3S.C24H23O3S.C22H17O3S/c27-25-21(10-12-29-25)31-16-6-8-23-19(14-16)20-15-17(32-22-11-13-30-26(22)28)7-9-24(20)33(23)18-4-2-1-3-5-18;1-26(2,3)30-20-11-15-23(16-12-20)31(21-7-5-4-6-8-21)22-13-9-19(10-14-22)29-24-17-18-28-25(24)27;1-15-3-9-22-19(13-15)20-14-16(2)4-10-23(20)28(22)18-7-5-17(6-8-18)27-21-11-12-26-24(21)25;1-17-7-3-5-9-22(17)28(23-10-6-4-8-18(23)2)20-13-11-19(12-14-20)27-21-15-16-26-24(21)25;23-22-19(13-14-24-22)25-15-9-11-16(12-10-15)26-20-7-3-1-5-17(20)18-6-2-4-8-21(18)26/h1-9,14-15,21-22H,10-13H2;4-16,24H,17-18H2,1-3H3;3-10,13-14,21H,11-12H2,1-2H3;3-14,21H,15-16H2,1-2H3;1-12,19H,13-14H2/q5*+1. The summed E-state index contributed by atoms with van der Waals surface area (Å²) < 4.78 is 78.9. The maximum atomic E-state index is 11.9. The van der Waals surface area contributed by atoms with Gasteiger partial charge in [-0.2, -0.15) is 0 Å². The van der Waals surface area contributed by atoms with Gasteiger partial charge < -0.3 is 61.6 Å². The molecule has 0 radical (unpaired) electrons. The molecule has 7 atom stereocenters. The van der Waals surface area contributed by atoms with Crippen LogP contribution in [0.15, 0.2) is 381 Å². The number of hydrogen-bond acceptors (Lipinski definition) is 19. The second kappa shape index (κ2) is 44.3. The molecule has 6 aliphatic rings. The van der Waals surface area contributed by atoms with Gasteiger partial charge >= 0.3 is 35.8 Å². The smallest absolute Gasteiger partial charge is 0.347 e. The van der Waals surface area contributed by atoms with Crippen LogP contribution < -0.4 is 33.2 Å². The second-order valence-electron chi connectivity index (χ2n) is 36.9. The molecule has 0 amide bonds. The van der Waals surface area contributed by atoms with E-state index in [4.69, 9.17) is 61.6 Å². The van der Waals surface area contributed by atoms with Crippen LogP contribution in [0.4, 0.5) is 0 Å². The van der Waals surface area contributed by atoms with Crippen molar-refractivity contribution in [1.82, 2.24) is 0 Å². The molecule has 0 aliphatic carbocycles. The first-order chi connectivity index (χ1) is 71.1. The predicted molar refractivity (Wildman–Crippen MR) is 578 cm³/mol. The maximum absolute atomic E-state index is 11.9. The maximum Gasteiger partial charge on any atom is 0.347 e. The van der Waals surface area contributed by atoms with Gasteiger partial charge in [-0.15, -0.1) is 0 Å². The molecule has 9 heterocycles. The fraction of sp³-hybridized carbons (Fsp3) is 0.213. The molecule has 3 aromatic heterocycles. The number of ether oxygens (including phenoxy) is 13. The molecule has 0 spiro atoms. The zero-order valence-electron chi connectivity index (χ0n) is 81.7. The lowest BCUT2D eigenvalue weighted by Crippen LogP contribution is -2.22. The first-order valence-electron chi connectivity index (χ1n) is 48.9. The molecular weight excluding hydrogens is 1930 g/mol. The average molecular weight is 2040 g/mol. The number of carbonyl (C=O) groups excluding carboxylic acids is 6. The Hall–Kier alpha value is -14.9. The highest BCUT2D eigenvalue weighted by molar-refractivity contribution is 7.97. The number of fused-ring (bicyclic) bond motifs is 9. The van der Waals surface area contributed by atoms with Crippen LogP contribution in [0.25, 0.3) is 75.2 Å². The largest absolute Gasteiger partial charge is 0.488 e. The molecule has 24 heteroatoms. The summed E-state index contributed by atoms with van der Waals surface area (Å²) in [7, 11) is -0.976. The summed E-state index contributed by atoms with van der Waals surface area (Å²) in [5, 5.41) is 7.41. The molecular formula is C122H109O19S5+5. The van der Waals surface area contributed by atoms with E-state index >= 15 is 0 Å². The van der Waals surface area contributed by atoms with Crippen molar-refractivity contribution < 1.29 is 90.3 Å². The molecule has 7 unspecified atom stereocenters. The highest BCUT2D eigenvalue weighted by atomic mass is 32.2. The molecule has 6 aliphatic heterocycles. The molecule has 15 aromatic carbocycles. The summed E-state index contributed by atoms with van der Waals surface area (Å²) in [6.45, 7) is 17.3. The predicted octanol–water partition coefficient (Wildman–Crippen LogP) is 27.3. The number of cyclic esters (lactones) is 6. The third-order valence-corrected chi connectivity index (χ3v) is 37.2. The number of rotatable bonds is 22. The lowest BCUT2D eigenvalue weighted by Gasteiger charge is -2.21. The van der Waals surface area contributed by atoms with Crippen molar-refractivity contribution in [3.05, 3.63) is 374 Å². The van der Waals surface area contributed by atoms with E-state index in [0.29, 0.717) is 113 Å². The van der Waals surface area contributed by atoms with Crippen molar-refractivity contribution in [1.29, 1.82) is 0 Å². The van der Waals surface area contributed by atoms with Crippen molar-refractivity contribution in [3.8, 4) is 54.9 Å². The Bertz CT molecular complexity index is 7570. The Kier molecular flexibility index (Phi) is 29.9. The zero-order chi connectivity index (χ0) is 100. The summed E-state index contributed by atoms with van der Waals surface area (Å²) in [6.07, 6.45) is 0.450. The van der Waals surface area contributed by atoms with Gasteiger partial charge in [0.1, 0.15) is 45.8 Å². The molecule has 18 aromatic rings. The minimum atomic E-state index is -0.570.